The molecule has 0 atom stereocenters. The van der Waals surface area contributed by atoms with E-state index in [-0.39, 0.29) is 5.24 Å². The molecule has 26 heavy (non-hydrogen) atoms. The van der Waals surface area contributed by atoms with Gasteiger partial charge in [0.05, 0.1) is 31.9 Å². The molecule has 0 bridgehead atoms. The highest BCUT2D eigenvalue weighted by atomic mass is 32.2. The van der Waals surface area contributed by atoms with Crippen molar-refractivity contribution in [1.29, 1.82) is 0 Å². The quantitative estimate of drug-likeness (QED) is 0.864. The monoisotopic (exact) mass is 371 g/mol. The van der Waals surface area contributed by atoms with E-state index in [9.17, 15) is 4.79 Å². The van der Waals surface area contributed by atoms with Gasteiger partial charge < -0.3 is 19.5 Å². The average molecular weight is 371 g/mol. The standard InChI is InChI=1S/C18H17N3O4S/c1-23-13-8-12(9-14(24-2)16(13)25-3)20-17-15(26-18(22)21-17)7-11-5-4-6-19-10-11/h4-10H,1-3H3,(H,20,21,22)/b15-7-. The molecule has 7 nitrogen and oxygen atoms in total. The highest BCUT2D eigenvalue weighted by Gasteiger charge is 2.24. The highest BCUT2D eigenvalue weighted by Crippen LogP contribution is 2.41. The summed E-state index contributed by atoms with van der Waals surface area (Å²) in [5, 5.41) is 2.56. The number of amidine groups is 1. The zero-order valence-corrected chi connectivity index (χ0v) is 15.3. The molecule has 1 fully saturated rings. The van der Waals surface area contributed by atoms with Crippen molar-refractivity contribution >= 4 is 34.6 Å². The van der Waals surface area contributed by atoms with Crippen LogP contribution in [0.1, 0.15) is 5.56 Å². The zero-order chi connectivity index (χ0) is 18.5. The summed E-state index contributed by atoms with van der Waals surface area (Å²) in [7, 11) is 4.61. The summed E-state index contributed by atoms with van der Waals surface area (Å²) in [5.74, 6) is 1.91. The number of thioether (sulfide) groups is 1. The fourth-order valence-electron chi connectivity index (χ4n) is 2.39. The lowest BCUT2D eigenvalue weighted by Gasteiger charge is -2.12. The van der Waals surface area contributed by atoms with Crippen molar-refractivity contribution in [1.82, 2.24) is 10.3 Å². The molecule has 8 heteroatoms. The molecule has 0 spiro atoms. The number of carbonyl (C=O) groups excluding carboxylic acids is 1. The van der Waals surface area contributed by atoms with E-state index in [0.29, 0.717) is 33.7 Å². The van der Waals surface area contributed by atoms with Crippen molar-refractivity contribution in [3.05, 3.63) is 47.1 Å². The van der Waals surface area contributed by atoms with E-state index in [0.717, 1.165) is 17.3 Å². The van der Waals surface area contributed by atoms with Crippen LogP contribution in [0.15, 0.2) is 46.6 Å². The SMILES string of the molecule is COc1cc(N=C2NC(=O)S/C2=C\c2cccnc2)cc(OC)c1OC. The maximum Gasteiger partial charge on any atom is 0.289 e. The van der Waals surface area contributed by atoms with Crippen LogP contribution in [-0.4, -0.2) is 37.4 Å². The molecule has 2 heterocycles. The minimum absolute atomic E-state index is 0.189. The summed E-state index contributed by atoms with van der Waals surface area (Å²) in [6.07, 6.45) is 5.26. The van der Waals surface area contributed by atoms with Crippen LogP contribution in [0.25, 0.3) is 6.08 Å². The van der Waals surface area contributed by atoms with E-state index >= 15 is 0 Å². The molecule has 2 aromatic rings. The van der Waals surface area contributed by atoms with E-state index in [4.69, 9.17) is 14.2 Å². The molecule has 1 N–H and O–H groups in total. The molecule has 1 saturated heterocycles. The Morgan fingerprint density at radius 3 is 2.46 bits per heavy atom. The first-order valence-corrected chi connectivity index (χ1v) is 8.46. The second-order valence-corrected chi connectivity index (χ2v) is 6.17. The van der Waals surface area contributed by atoms with Gasteiger partial charge in [0.2, 0.25) is 5.75 Å². The van der Waals surface area contributed by atoms with Gasteiger partial charge >= 0.3 is 0 Å². The number of pyridine rings is 1. The molecule has 1 aromatic carbocycles. The van der Waals surface area contributed by atoms with Crippen molar-refractivity contribution in [2.45, 2.75) is 0 Å². The Balaban J connectivity index is 2.02. The summed E-state index contributed by atoms with van der Waals surface area (Å²) in [4.78, 5) is 21.2. The first-order valence-electron chi connectivity index (χ1n) is 7.64. The molecule has 1 aliphatic rings. The second kappa shape index (κ2) is 7.92. The van der Waals surface area contributed by atoms with Crippen molar-refractivity contribution in [3.8, 4) is 17.2 Å². The van der Waals surface area contributed by atoms with Crippen molar-refractivity contribution in [3.63, 3.8) is 0 Å². The van der Waals surface area contributed by atoms with E-state index < -0.39 is 0 Å². The van der Waals surface area contributed by atoms with Crippen LogP contribution < -0.4 is 19.5 Å². The van der Waals surface area contributed by atoms with E-state index in [2.05, 4.69) is 15.3 Å². The third-order valence-electron chi connectivity index (χ3n) is 3.53. The third-order valence-corrected chi connectivity index (χ3v) is 4.35. The van der Waals surface area contributed by atoms with Gasteiger partial charge in [0.25, 0.3) is 5.24 Å². The smallest absolute Gasteiger partial charge is 0.289 e. The van der Waals surface area contributed by atoms with Gasteiger partial charge in [0.1, 0.15) is 5.84 Å². The lowest BCUT2D eigenvalue weighted by atomic mass is 10.2. The number of amides is 1. The van der Waals surface area contributed by atoms with Crippen molar-refractivity contribution < 1.29 is 19.0 Å². The number of hydrogen-bond donors (Lipinski definition) is 1. The fraction of sp³-hybridized carbons (Fsp3) is 0.167. The van der Waals surface area contributed by atoms with Crippen LogP contribution in [-0.2, 0) is 0 Å². The van der Waals surface area contributed by atoms with Gasteiger partial charge in [-0.3, -0.25) is 9.78 Å². The molecule has 0 saturated carbocycles. The Bertz CT molecular complexity index is 856. The highest BCUT2D eigenvalue weighted by molar-refractivity contribution is 8.18. The molecule has 134 valence electrons. The number of nitrogens with zero attached hydrogens (tertiary/aromatic N) is 2. The molecule has 0 radical (unpaired) electrons. The van der Waals surface area contributed by atoms with E-state index in [1.54, 1.807) is 24.5 Å². The van der Waals surface area contributed by atoms with Gasteiger partial charge in [-0.25, -0.2) is 4.99 Å². The lowest BCUT2D eigenvalue weighted by Crippen LogP contribution is -2.18. The Kier molecular flexibility index (Phi) is 5.43. The number of hydrogen-bond acceptors (Lipinski definition) is 7. The van der Waals surface area contributed by atoms with Gasteiger partial charge in [-0.2, -0.15) is 0 Å². The Morgan fingerprint density at radius 2 is 1.88 bits per heavy atom. The second-order valence-electron chi connectivity index (χ2n) is 5.15. The normalized spacial score (nSPS) is 16.7. The summed E-state index contributed by atoms with van der Waals surface area (Å²) >= 11 is 1.08. The van der Waals surface area contributed by atoms with Crippen LogP contribution in [0.3, 0.4) is 0 Å². The lowest BCUT2D eigenvalue weighted by molar-refractivity contribution is 0.265. The minimum atomic E-state index is -0.189. The topological polar surface area (TPSA) is 82.0 Å². The summed E-state index contributed by atoms with van der Waals surface area (Å²) in [6, 6.07) is 7.16. The molecule has 3 rings (SSSR count). The van der Waals surface area contributed by atoms with Gasteiger partial charge in [0, 0.05) is 24.5 Å². The average Bonchev–Trinajstić information content (AvgIpc) is 3.00. The Hall–Kier alpha value is -3.00. The summed E-state index contributed by atoms with van der Waals surface area (Å²) < 4.78 is 16.0. The Morgan fingerprint density at radius 1 is 1.15 bits per heavy atom. The van der Waals surface area contributed by atoms with Gasteiger partial charge in [0.15, 0.2) is 11.5 Å². The predicted molar refractivity (Wildman–Crippen MR) is 102 cm³/mol. The third kappa shape index (κ3) is 3.80. The Labute approximate surface area is 155 Å². The summed E-state index contributed by atoms with van der Waals surface area (Å²) in [5.41, 5.74) is 1.44. The minimum Gasteiger partial charge on any atom is -0.493 e. The number of methoxy groups -OCH3 is 3. The number of ether oxygens (including phenoxy) is 3. The van der Waals surface area contributed by atoms with Gasteiger partial charge in [-0.15, -0.1) is 0 Å². The molecule has 0 aliphatic carbocycles. The first-order chi connectivity index (χ1) is 12.6. The maximum atomic E-state index is 11.8. The van der Waals surface area contributed by atoms with Crippen LogP contribution in [0.5, 0.6) is 17.2 Å². The molecular weight excluding hydrogens is 354 g/mol. The fourth-order valence-corrected chi connectivity index (χ4v) is 3.12. The number of carbonyl (C=O) groups is 1. The molecule has 0 unspecified atom stereocenters. The first kappa shape index (κ1) is 17.8. The maximum absolute atomic E-state index is 11.8. The number of nitrogens with one attached hydrogen (secondary N) is 1. The van der Waals surface area contributed by atoms with Crippen molar-refractivity contribution in [2.75, 3.05) is 21.3 Å². The van der Waals surface area contributed by atoms with Gasteiger partial charge in [-0.05, 0) is 29.5 Å². The van der Waals surface area contributed by atoms with E-state index in [1.807, 2.05) is 18.2 Å². The zero-order valence-electron chi connectivity index (χ0n) is 14.5. The molecule has 1 amide bonds. The number of benzene rings is 1. The predicted octanol–water partition coefficient (Wildman–Crippen LogP) is 3.63. The van der Waals surface area contributed by atoms with Gasteiger partial charge in [-0.1, -0.05) is 6.07 Å². The van der Waals surface area contributed by atoms with E-state index in [1.165, 1.54) is 21.3 Å². The summed E-state index contributed by atoms with van der Waals surface area (Å²) in [6.45, 7) is 0. The van der Waals surface area contributed by atoms with Crippen LogP contribution in [0.4, 0.5) is 10.5 Å². The molecule has 1 aliphatic heterocycles. The largest absolute Gasteiger partial charge is 0.493 e. The number of rotatable bonds is 5. The molecular formula is C18H17N3O4S. The van der Waals surface area contributed by atoms with Crippen LogP contribution in [0.2, 0.25) is 0 Å². The van der Waals surface area contributed by atoms with Crippen LogP contribution in [0, 0.1) is 0 Å². The van der Waals surface area contributed by atoms with Crippen LogP contribution >= 0.6 is 11.8 Å². The van der Waals surface area contributed by atoms with Crippen molar-refractivity contribution in [2.24, 2.45) is 4.99 Å². The molecule has 1 aromatic heterocycles. The number of aromatic nitrogens is 1. The number of aliphatic imine (C=N–C) groups is 1.